The lowest BCUT2D eigenvalue weighted by atomic mass is 10.2. The largest absolute Gasteiger partial charge is 0.367 e. The van der Waals surface area contributed by atoms with Gasteiger partial charge in [-0.1, -0.05) is 35.9 Å². The minimum Gasteiger partial charge on any atom is -0.367 e. The summed E-state index contributed by atoms with van der Waals surface area (Å²) in [5, 5.41) is 15.0. The van der Waals surface area contributed by atoms with Crippen LogP contribution in [0.4, 0.5) is 4.39 Å². The highest BCUT2D eigenvalue weighted by Crippen LogP contribution is 2.08. The number of benzene rings is 2. The van der Waals surface area contributed by atoms with Crippen molar-refractivity contribution in [2.75, 3.05) is 0 Å². The predicted molar refractivity (Wildman–Crippen MR) is 91.5 cm³/mol. The Kier molecular flexibility index (Phi) is 7.66. The van der Waals surface area contributed by atoms with Crippen molar-refractivity contribution in [2.45, 2.75) is 11.8 Å². The highest BCUT2D eigenvalue weighted by molar-refractivity contribution is 7.85. The lowest BCUT2D eigenvalue weighted by Gasteiger charge is -1.95. The van der Waals surface area contributed by atoms with Gasteiger partial charge in [-0.05, 0) is 25.1 Å². The van der Waals surface area contributed by atoms with Gasteiger partial charge in [0.05, 0.1) is 11.1 Å². The van der Waals surface area contributed by atoms with E-state index in [2.05, 4.69) is 10.2 Å². The second-order valence-electron chi connectivity index (χ2n) is 4.65. The number of rotatable bonds is 3. The van der Waals surface area contributed by atoms with Crippen LogP contribution in [-0.2, 0) is 10.1 Å². The zero-order valence-corrected chi connectivity index (χ0v) is 14.0. The summed E-state index contributed by atoms with van der Waals surface area (Å²) in [6, 6.07) is 12.1. The van der Waals surface area contributed by atoms with Gasteiger partial charge in [-0.15, -0.1) is 5.10 Å². The Morgan fingerprint density at radius 3 is 2.32 bits per heavy atom. The van der Waals surface area contributed by atoms with Gasteiger partial charge in [-0.25, -0.2) is 9.87 Å². The van der Waals surface area contributed by atoms with Crippen molar-refractivity contribution in [2.24, 2.45) is 15.9 Å². The average molecular weight is 368 g/mol. The molecule has 0 fully saturated rings. The molecule has 0 aromatic heterocycles. The number of guanidine groups is 1. The number of nitrogens with zero attached hydrogens (tertiary/aromatic N) is 2. The number of hydrogen-bond donors (Lipinski definition) is 4. The lowest BCUT2D eigenvalue weighted by Crippen LogP contribution is -2.27. The Bertz CT molecular complexity index is 852. The van der Waals surface area contributed by atoms with Gasteiger partial charge in [0.25, 0.3) is 10.1 Å². The summed E-state index contributed by atoms with van der Waals surface area (Å²) < 4.78 is 42.5. The SMILES string of the molecule is Cc1ccc(S(=O)(=O)O)cc1.N/C(=N\N=C\c1ccccc1F)NO. The van der Waals surface area contributed by atoms with Gasteiger partial charge in [-0.2, -0.15) is 13.5 Å². The van der Waals surface area contributed by atoms with Crippen molar-refractivity contribution >= 4 is 22.3 Å². The van der Waals surface area contributed by atoms with E-state index in [1.165, 1.54) is 30.5 Å². The third kappa shape index (κ3) is 7.52. The summed E-state index contributed by atoms with van der Waals surface area (Å²) in [6.07, 6.45) is 1.19. The molecule has 0 aliphatic heterocycles. The van der Waals surface area contributed by atoms with Crippen LogP contribution >= 0.6 is 0 Å². The molecule has 0 heterocycles. The maximum Gasteiger partial charge on any atom is 0.294 e. The lowest BCUT2D eigenvalue weighted by molar-refractivity contribution is 0.232. The molecule has 0 unspecified atom stereocenters. The molecule has 10 heteroatoms. The molecule has 25 heavy (non-hydrogen) atoms. The Hall–Kier alpha value is -2.82. The zero-order valence-electron chi connectivity index (χ0n) is 13.2. The first-order valence-corrected chi connectivity index (χ1v) is 8.23. The molecule has 0 amide bonds. The normalized spacial score (nSPS) is 11.8. The first-order valence-electron chi connectivity index (χ1n) is 6.79. The molecule has 2 rings (SSSR count). The number of nitrogens with one attached hydrogen (secondary N) is 1. The van der Waals surface area contributed by atoms with Crippen molar-refractivity contribution in [1.29, 1.82) is 0 Å². The molecule has 0 aliphatic rings. The first kappa shape index (κ1) is 20.2. The smallest absolute Gasteiger partial charge is 0.294 e. The average Bonchev–Trinajstić information content (AvgIpc) is 2.56. The minimum atomic E-state index is -4.02. The van der Waals surface area contributed by atoms with E-state index in [0.717, 1.165) is 5.56 Å². The van der Waals surface area contributed by atoms with Gasteiger partial charge in [0, 0.05) is 5.56 Å². The quantitative estimate of drug-likeness (QED) is 0.282. The summed E-state index contributed by atoms with van der Waals surface area (Å²) in [7, 11) is -4.02. The van der Waals surface area contributed by atoms with Crippen molar-refractivity contribution in [3.8, 4) is 0 Å². The third-order valence-corrected chi connectivity index (χ3v) is 3.57. The molecule has 0 saturated carbocycles. The molecule has 0 saturated heterocycles. The molecule has 2 aromatic rings. The van der Waals surface area contributed by atoms with Crippen LogP contribution < -0.4 is 11.2 Å². The summed E-state index contributed by atoms with van der Waals surface area (Å²) in [5.74, 6) is -0.667. The second-order valence-corrected chi connectivity index (χ2v) is 6.07. The molecular formula is C15H17FN4O4S. The Labute approximate surface area is 144 Å². The number of hydrogen-bond acceptors (Lipinski definition) is 5. The van der Waals surface area contributed by atoms with E-state index in [1.807, 2.05) is 6.92 Å². The van der Waals surface area contributed by atoms with E-state index in [9.17, 15) is 12.8 Å². The van der Waals surface area contributed by atoms with Crippen LogP contribution in [0.2, 0.25) is 0 Å². The van der Waals surface area contributed by atoms with E-state index in [-0.39, 0.29) is 10.9 Å². The van der Waals surface area contributed by atoms with Crippen LogP contribution in [0.25, 0.3) is 0 Å². The predicted octanol–water partition coefficient (Wildman–Crippen LogP) is 1.69. The second kappa shape index (κ2) is 9.47. The van der Waals surface area contributed by atoms with Crippen molar-refractivity contribution in [1.82, 2.24) is 5.48 Å². The number of hydroxylamine groups is 1. The van der Waals surface area contributed by atoms with Gasteiger partial charge in [0.2, 0.25) is 5.96 Å². The van der Waals surface area contributed by atoms with E-state index in [1.54, 1.807) is 29.7 Å². The highest BCUT2D eigenvalue weighted by atomic mass is 32.2. The maximum atomic E-state index is 13.0. The van der Waals surface area contributed by atoms with Crippen LogP contribution in [0.5, 0.6) is 0 Å². The first-order chi connectivity index (χ1) is 11.7. The summed E-state index contributed by atoms with van der Waals surface area (Å²) in [6.45, 7) is 1.84. The number of aryl methyl sites for hydroxylation is 1. The topological polar surface area (TPSA) is 137 Å². The van der Waals surface area contributed by atoms with Crippen molar-refractivity contribution < 1.29 is 22.6 Å². The molecular weight excluding hydrogens is 351 g/mol. The molecule has 5 N–H and O–H groups in total. The van der Waals surface area contributed by atoms with Crippen LogP contribution in [0, 0.1) is 12.7 Å². The molecule has 2 aromatic carbocycles. The Morgan fingerprint density at radius 1 is 1.20 bits per heavy atom. The molecule has 8 nitrogen and oxygen atoms in total. The van der Waals surface area contributed by atoms with E-state index in [0.29, 0.717) is 5.56 Å². The fourth-order valence-corrected chi connectivity index (χ4v) is 1.95. The van der Waals surface area contributed by atoms with Gasteiger partial charge in [0.1, 0.15) is 5.82 Å². The third-order valence-electron chi connectivity index (χ3n) is 2.70. The van der Waals surface area contributed by atoms with Gasteiger partial charge < -0.3 is 5.73 Å². The Balaban J connectivity index is 0.000000257. The summed E-state index contributed by atoms with van der Waals surface area (Å²) in [4.78, 5) is -0.0666. The molecule has 0 atom stereocenters. The van der Waals surface area contributed by atoms with Crippen molar-refractivity contribution in [3.05, 3.63) is 65.5 Å². The van der Waals surface area contributed by atoms with Crippen LogP contribution in [0.1, 0.15) is 11.1 Å². The molecule has 0 radical (unpaired) electrons. The highest BCUT2D eigenvalue weighted by Gasteiger charge is 2.06. The van der Waals surface area contributed by atoms with Crippen LogP contribution in [0.15, 0.2) is 63.6 Å². The molecule has 0 spiro atoms. The fourth-order valence-electron chi connectivity index (χ4n) is 1.47. The summed E-state index contributed by atoms with van der Waals surface area (Å²) in [5.41, 5.74) is 7.89. The summed E-state index contributed by atoms with van der Waals surface area (Å²) >= 11 is 0. The van der Waals surface area contributed by atoms with Gasteiger partial charge in [0.15, 0.2) is 0 Å². The number of nitrogens with two attached hydrogens (primary N) is 1. The van der Waals surface area contributed by atoms with E-state index < -0.39 is 15.9 Å². The molecule has 0 aliphatic carbocycles. The maximum absolute atomic E-state index is 13.0. The van der Waals surface area contributed by atoms with E-state index in [4.69, 9.17) is 15.5 Å². The van der Waals surface area contributed by atoms with Crippen molar-refractivity contribution in [3.63, 3.8) is 0 Å². The monoisotopic (exact) mass is 368 g/mol. The fraction of sp³-hybridized carbons (Fsp3) is 0.0667. The zero-order chi connectivity index (χ0) is 18.9. The number of halogens is 1. The van der Waals surface area contributed by atoms with Gasteiger partial charge in [-0.3, -0.25) is 9.76 Å². The van der Waals surface area contributed by atoms with E-state index >= 15 is 0 Å². The molecule has 134 valence electrons. The van der Waals surface area contributed by atoms with Crippen LogP contribution in [-0.4, -0.2) is 30.4 Å². The molecule has 0 bridgehead atoms. The van der Waals surface area contributed by atoms with Gasteiger partial charge >= 0.3 is 0 Å². The standard InChI is InChI=1S/C8H9FN4O.C7H8O3S/c9-7-4-2-1-3-6(7)5-11-12-8(10)13-14;1-6-2-4-7(5-3-6)11(8,9)10/h1-5,14H,(H3,10,12,13);2-5H,1H3,(H,8,9,10)/b11-5+;. The minimum absolute atomic E-state index is 0.0666. The van der Waals surface area contributed by atoms with Crippen LogP contribution in [0.3, 0.4) is 0 Å². The Morgan fingerprint density at radius 2 is 1.80 bits per heavy atom.